The van der Waals surface area contributed by atoms with Crippen molar-refractivity contribution in [1.29, 1.82) is 0 Å². The second-order valence-corrected chi connectivity index (χ2v) is 8.81. The molecule has 224 valence electrons. The summed E-state index contributed by atoms with van der Waals surface area (Å²) in [7, 11) is 0. The fourth-order valence-corrected chi connectivity index (χ4v) is 3.42. The Morgan fingerprint density at radius 1 is 0.405 bits per heavy atom. The van der Waals surface area contributed by atoms with Crippen LogP contribution in [0.2, 0.25) is 0 Å². The molecule has 9 nitrogen and oxygen atoms in total. The van der Waals surface area contributed by atoms with Crippen LogP contribution in [0.5, 0.6) is 0 Å². The number of hydrogen-bond acceptors (Lipinski definition) is 9. The first-order valence-electron chi connectivity index (χ1n) is 14.6. The van der Waals surface area contributed by atoms with Gasteiger partial charge in [0.2, 0.25) is 0 Å². The third kappa shape index (κ3) is 33.6. The zero-order valence-corrected chi connectivity index (χ0v) is 24.0. The van der Waals surface area contributed by atoms with E-state index in [0.717, 1.165) is 6.42 Å². The van der Waals surface area contributed by atoms with Crippen molar-refractivity contribution in [3.8, 4) is 0 Å². The fourth-order valence-electron chi connectivity index (χ4n) is 3.42. The Hall–Kier alpha value is -0.360. The first-order chi connectivity index (χ1) is 18.3. The Kier molecular flexibility index (Phi) is 33.3. The molecule has 0 aliphatic heterocycles. The van der Waals surface area contributed by atoms with E-state index in [-0.39, 0.29) is 0 Å². The van der Waals surface area contributed by atoms with Gasteiger partial charge in [0.25, 0.3) is 0 Å². The van der Waals surface area contributed by atoms with Gasteiger partial charge in [-0.3, -0.25) is 0 Å². The van der Waals surface area contributed by atoms with Gasteiger partial charge in [0.05, 0.1) is 92.5 Å². The smallest absolute Gasteiger partial charge is 0.154 e. The van der Waals surface area contributed by atoms with E-state index in [1.807, 2.05) is 6.92 Å². The van der Waals surface area contributed by atoms with Crippen molar-refractivity contribution in [3.63, 3.8) is 0 Å². The van der Waals surface area contributed by atoms with E-state index in [2.05, 4.69) is 6.92 Å². The average Bonchev–Trinajstić information content (AvgIpc) is 2.90. The van der Waals surface area contributed by atoms with E-state index in [4.69, 9.17) is 37.9 Å². The van der Waals surface area contributed by atoms with Crippen LogP contribution in [0.4, 0.5) is 0 Å². The van der Waals surface area contributed by atoms with Gasteiger partial charge in [0, 0.05) is 6.61 Å². The molecule has 0 bridgehead atoms. The molecule has 0 aliphatic carbocycles. The van der Waals surface area contributed by atoms with E-state index in [1.165, 1.54) is 51.4 Å². The zero-order chi connectivity index (χ0) is 26.9. The maximum atomic E-state index is 9.87. The van der Waals surface area contributed by atoms with Crippen LogP contribution in [0, 0.1) is 0 Å². The van der Waals surface area contributed by atoms with Gasteiger partial charge in [-0.1, -0.05) is 58.3 Å². The van der Waals surface area contributed by atoms with Gasteiger partial charge >= 0.3 is 0 Å². The second-order valence-electron chi connectivity index (χ2n) is 8.81. The molecule has 0 aliphatic rings. The molecule has 0 rings (SSSR count). The van der Waals surface area contributed by atoms with Crippen LogP contribution in [0.3, 0.4) is 0 Å². The summed E-state index contributed by atoms with van der Waals surface area (Å²) in [6, 6.07) is 0. The normalized spacial score (nSPS) is 12.4. The molecule has 0 fully saturated rings. The summed E-state index contributed by atoms with van der Waals surface area (Å²) in [6.45, 7) is 12.3. The van der Waals surface area contributed by atoms with Crippen LogP contribution in [0.15, 0.2) is 0 Å². The highest BCUT2D eigenvalue weighted by Gasteiger charge is 2.03. The topological polar surface area (TPSA) is 94.1 Å². The monoisotopic (exact) mass is 538 g/mol. The van der Waals surface area contributed by atoms with E-state index < -0.39 is 6.29 Å². The van der Waals surface area contributed by atoms with Gasteiger partial charge in [-0.15, -0.1) is 0 Å². The molecule has 0 heterocycles. The number of hydrogen-bond donors (Lipinski definition) is 1. The number of ether oxygens (including phenoxy) is 8. The highest BCUT2D eigenvalue weighted by molar-refractivity contribution is 4.49. The lowest BCUT2D eigenvalue weighted by Gasteiger charge is -2.12. The molecular formula is C28H58O9. The maximum Gasteiger partial charge on any atom is 0.154 e. The van der Waals surface area contributed by atoms with Crippen molar-refractivity contribution in [2.45, 2.75) is 84.3 Å². The molecule has 0 aromatic carbocycles. The van der Waals surface area contributed by atoms with Crippen LogP contribution in [-0.2, 0) is 37.9 Å². The largest absolute Gasteiger partial charge is 0.379 e. The lowest BCUT2D eigenvalue weighted by molar-refractivity contribution is -0.118. The summed E-state index contributed by atoms with van der Waals surface area (Å²) in [5.41, 5.74) is 0. The number of aliphatic hydroxyl groups is 1. The van der Waals surface area contributed by atoms with Crippen molar-refractivity contribution in [2.24, 2.45) is 0 Å². The molecule has 0 spiro atoms. The lowest BCUT2D eigenvalue weighted by Crippen LogP contribution is -2.17. The second kappa shape index (κ2) is 33.7. The molecule has 0 amide bonds. The molecule has 1 N–H and O–H groups in total. The maximum absolute atomic E-state index is 9.87. The van der Waals surface area contributed by atoms with E-state index in [0.29, 0.717) is 106 Å². The molecule has 37 heavy (non-hydrogen) atoms. The van der Waals surface area contributed by atoms with E-state index in [9.17, 15) is 5.11 Å². The minimum Gasteiger partial charge on any atom is -0.379 e. The molecule has 1 unspecified atom stereocenters. The van der Waals surface area contributed by atoms with Crippen LogP contribution in [0.25, 0.3) is 0 Å². The van der Waals surface area contributed by atoms with Gasteiger partial charge in [0.1, 0.15) is 0 Å². The van der Waals surface area contributed by atoms with Crippen LogP contribution in [-0.4, -0.2) is 110 Å². The van der Waals surface area contributed by atoms with Crippen molar-refractivity contribution >= 4 is 0 Å². The molecule has 0 saturated carbocycles. The zero-order valence-electron chi connectivity index (χ0n) is 24.0. The summed E-state index contributed by atoms with van der Waals surface area (Å²) in [5.74, 6) is 0. The van der Waals surface area contributed by atoms with Crippen molar-refractivity contribution in [2.75, 3.05) is 99.1 Å². The number of aliphatic hydroxyl groups excluding tert-OH is 1. The summed E-state index contributed by atoms with van der Waals surface area (Å²) < 4.78 is 43.2. The van der Waals surface area contributed by atoms with Gasteiger partial charge in [0.15, 0.2) is 6.29 Å². The highest BCUT2D eigenvalue weighted by atomic mass is 16.6. The van der Waals surface area contributed by atoms with Crippen LogP contribution < -0.4 is 0 Å². The highest BCUT2D eigenvalue weighted by Crippen LogP contribution is 2.11. The third-order valence-electron chi connectivity index (χ3n) is 5.53. The first kappa shape index (κ1) is 36.6. The van der Waals surface area contributed by atoms with Gasteiger partial charge in [-0.25, -0.2) is 0 Å². The molecule has 9 heteroatoms. The van der Waals surface area contributed by atoms with Crippen molar-refractivity contribution in [1.82, 2.24) is 0 Å². The predicted octanol–water partition coefficient (Wildman–Crippen LogP) is 4.38. The van der Waals surface area contributed by atoms with E-state index in [1.54, 1.807) is 0 Å². The fraction of sp³-hybridized carbons (Fsp3) is 1.00. The Morgan fingerprint density at radius 3 is 1.11 bits per heavy atom. The SMILES string of the molecule is CCCCCCCCCCCC(O)OCCOCCOCCOCCOCCOCCOCCOCC. The third-order valence-corrected chi connectivity index (χ3v) is 5.53. The molecule has 0 aromatic heterocycles. The standard InChI is InChI=1S/C28H58O9/c1-3-5-6-7-8-9-10-11-12-13-28(29)37-27-26-36-25-24-35-23-22-34-21-20-33-19-18-32-17-16-31-15-14-30-4-2/h28-29H,3-27H2,1-2H3. The molecular weight excluding hydrogens is 480 g/mol. The lowest BCUT2D eigenvalue weighted by atomic mass is 10.1. The van der Waals surface area contributed by atoms with Gasteiger partial charge in [-0.05, 0) is 19.8 Å². The van der Waals surface area contributed by atoms with Crippen molar-refractivity contribution < 1.29 is 43.0 Å². The van der Waals surface area contributed by atoms with E-state index >= 15 is 0 Å². The summed E-state index contributed by atoms with van der Waals surface area (Å²) >= 11 is 0. The Balaban J connectivity index is 3.11. The molecule has 0 aromatic rings. The Bertz CT molecular complexity index is 402. The first-order valence-corrected chi connectivity index (χ1v) is 14.6. The average molecular weight is 539 g/mol. The molecule has 1 atom stereocenters. The Morgan fingerprint density at radius 2 is 0.730 bits per heavy atom. The van der Waals surface area contributed by atoms with Crippen LogP contribution in [0.1, 0.15) is 78.1 Å². The summed E-state index contributed by atoms with van der Waals surface area (Å²) in [6.07, 6.45) is 11.5. The summed E-state index contributed by atoms with van der Waals surface area (Å²) in [4.78, 5) is 0. The van der Waals surface area contributed by atoms with Crippen LogP contribution >= 0.6 is 0 Å². The molecule has 0 radical (unpaired) electrons. The Labute approximate surface area is 226 Å². The number of unbranched alkanes of at least 4 members (excludes halogenated alkanes) is 8. The van der Waals surface area contributed by atoms with Gasteiger partial charge in [-0.2, -0.15) is 0 Å². The minimum absolute atomic E-state index is 0.398. The van der Waals surface area contributed by atoms with Crippen molar-refractivity contribution in [3.05, 3.63) is 0 Å². The quantitative estimate of drug-likeness (QED) is 0.0965. The van der Waals surface area contributed by atoms with Gasteiger partial charge < -0.3 is 43.0 Å². The predicted molar refractivity (Wildman–Crippen MR) is 145 cm³/mol. The minimum atomic E-state index is -0.686. The summed E-state index contributed by atoms with van der Waals surface area (Å²) in [5, 5.41) is 9.87. The number of rotatable bonds is 33. The molecule has 0 saturated heterocycles.